The lowest BCUT2D eigenvalue weighted by atomic mass is 10.1. The highest BCUT2D eigenvalue weighted by atomic mass is 32.1. The monoisotopic (exact) mass is 276 g/mol. The molecule has 0 fully saturated rings. The van der Waals surface area contributed by atoms with Crippen molar-refractivity contribution in [2.24, 2.45) is 0 Å². The minimum Gasteiger partial charge on any atom is -0.373 e. The number of nitro groups is 1. The van der Waals surface area contributed by atoms with Crippen molar-refractivity contribution in [3.8, 4) is 0 Å². The van der Waals surface area contributed by atoms with Gasteiger partial charge in [0.05, 0.1) is 4.92 Å². The Morgan fingerprint density at radius 3 is 2.58 bits per heavy atom. The van der Waals surface area contributed by atoms with Crippen LogP contribution in [0.5, 0.6) is 0 Å². The number of benzene rings is 1. The molecular weight excluding hydrogens is 260 g/mol. The summed E-state index contributed by atoms with van der Waals surface area (Å²) in [5.41, 5.74) is 3.82. The number of nitrogens with zero attached hydrogens (tertiary/aromatic N) is 1. The molecule has 5 heteroatoms. The zero-order chi connectivity index (χ0) is 14.0. The van der Waals surface area contributed by atoms with Gasteiger partial charge in [-0.3, -0.25) is 10.1 Å². The molecule has 2 aromatic rings. The van der Waals surface area contributed by atoms with Gasteiger partial charge >= 0.3 is 0 Å². The standard InChI is InChI=1S/C14H16N2O2S/c1-9-6-13(14(16(17)18)7-10(9)2)15-11(3)12-4-5-19-8-12/h4-8,11,15H,1-3H3. The van der Waals surface area contributed by atoms with E-state index >= 15 is 0 Å². The van der Waals surface area contributed by atoms with Crippen LogP contribution in [0.25, 0.3) is 0 Å². The number of rotatable bonds is 4. The second kappa shape index (κ2) is 5.40. The Balaban J connectivity index is 2.33. The SMILES string of the molecule is Cc1cc(NC(C)c2ccsc2)c([N+](=O)[O-])cc1C. The molecule has 1 atom stereocenters. The van der Waals surface area contributed by atoms with Crippen LogP contribution in [0.2, 0.25) is 0 Å². The summed E-state index contributed by atoms with van der Waals surface area (Å²) in [6.45, 7) is 5.84. The maximum absolute atomic E-state index is 11.1. The van der Waals surface area contributed by atoms with E-state index in [1.165, 1.54) is 0 Å². The summed E-state index contributed by atoms with van der Waals surface area (Å²) < 4.78 is 0. The molecule has 0 radical (unpaired) electrons. The Morgan fingerprint density at radius 2 is 2.00 bits per heavy atom. The second-order valence-corrected chi connectivity index (χ2v) is 5.41. The van der Waals surface area contributed by atoms with Crippen molar-refractivity contribution in [2.75, 3.05) is 5.32 Å². The lowest BCUT2D eigenvalue weighted by Gasteiger charge is -2.15. The van der Waals surface area contributed by atoms with E-state index in [-0.39, 0.29) is 16.7 Å². The maximum Gasteiger partial charge on any atom is 0.292 e. The summed E-state index contributed by atoms with van der Waals surface area (Å²) in [6, 6.07) is 5.54. The molecular formula is C14H16N2O2S. The first-order chi connectivity index (χ1) is 8.99. The predicted octanol–water partition coefficient (Wildman–Crippen LogP) is 4.45. The summed E-state index contributed by atoms with van der Waals surface area (Å²) in [4.78, 5) is 10.8. The van der Waals surface area contributed by atoms with Crippen LogP contribution in [0.3, 0.4) is 0 Å². The minimum atomic E-state index is -0.338. The molecule has 1 aromatic heterocycles. The molecule has 1 aromatic carbocycles. The Hall–Kier alpha value is -1.88. The average molecular weight is 276 g/mol. The van der Waals surface area contributed by atoms with Gasteiger partial charge in [0.1, 0.15) is 5.69 Å². The number of hydrogen-bond donors (Lipinski definition) is 1. The molecule has 19 heavy (non-hydrogen) atoms. The highest BCUT2D eigenvalue weighted by molar-refractivity contribution is 7.07. The van der Waals surface area contributed by atoms with E-state index in [0.29, 0.717) is 5.69 Å². The Morgan fingerprint density at radius 1 is 1.32 bits per heavy atom. The molecule has 1 heterocycles. The fourth-order valence-corrected chi connectivity index (χ4v) is 2.66. The molecule has 4 nitrogen and oxygen atoms in total. The van der Waals surface area contributed by atoms with Crippen LogP contribution < -0.4 is 5.32 Å². The van der Waals surface area contributed by atoms with Gasteiger partial charge in [0.2, 0.25) is 0 Å². The normalized spacial score (nSPS) is 12.2. The highest BCUT2D eigenvalue weighted by Crippen LogP contribution is 2.31. The van der Waals surface area contributed by atoms with Crippen LogP contribution >= 0.6 is 11.3 Å². The van der Waals surface area contributed by atoms with Crippen molar-refractivity contribution in [3.63, 3.8) is 0 Å². The molecule has 0 aliphatic carbocycles. The molecule has 0 saturated carbocycles. The van der Waals surface area contributed by atoms with E-state index in [1.807, 2.05) is 43.7 Å². The van der Waals surface area contributed by atoms with Crippen LogP contribution in [0, 0.1) is 24.0 Å². The minimum absolute atomic E-state index is 0.0482. The molecule has 0 aliphatic heterocycles. The average Bonchev–Trinajstić information content (AvgIpc) is 2.86. The molecule has 1 unspecified atom stereocenters. The summed E-state index contributed by atoms with van der Waals surface area (Å²) in [7, 11) is 0. The Bertz CT molecular complexity index is 594. The number of anilines is 1. The third-order valence-corrected chi connectivity index (χ3v) is 3.93. The van der Waals surface area contributed by atoms with Crippen LogP contribution in [0.15, 0.2) is 29.0 Å². The molecule has 0 amide bonds. The van der Waals surface area contributed by atoms with E-state index in [0.717, 1.165) is 16.7 Å². The first kappa shape index (κ1) is 13.5. The number of nitro benzene ring substituents is 1. The van der Waals surface area contributed by atoms with Crippen LogP contribution in [-0.4, -0.2) is 4.92 Å². The first-order valence-corrected chi connectivity index (χ1v) is 6.97. The smallest absolute Gasteiger partial charge is 0.292 e. The van der Waals surface area contributed by atoms with Crippen molar-refractivity contribution >= 4 is 22.7 Å². The summed E-state index contributed by atoms with van der Waals surface area (Å²) >= 11 is 1.62. The topological polar surface area (TPSA) is 55.2 Å². The van der Waals surface area contributed by atoms with Gasteiger partial charge in [0.15, 0.2) is 0 Å². The molecule has 0 saturated heterocycles. The van der Waals surface area contributed by atoms with Gasteiger partial charge in [-0.25, -0.2) is 0 Å². The van der Waals surface area contributed by atoms with E-state index in [9.17, 15) is 10.1 Å². The third kappa shape index (κ3) is 2.93. The Labute approximate surface area is 116 Å². The highest BCUT2D eigenvalue weighted by Gasteiger charge is 2.17. The van der Waals surface area contributed by atoms with Crippen LogP contribution in [-0.2, 0) is 0 Å². The molecule has 100 valence electrons. The number of hydrogen-bond acceptors (Lipinski definition) is 4. The van der Waals surface area contributed by atoms with E-state index in [2.05, 4.69) is 5.32 Å². The van der Waals surface area contributed by atoms with Crippen LogP contribution in [0.1, 0.15) is 29.7 Å². The lowest BCUT2D eigenvalue weighted by Crippen LogP contribution is -2.08. The summed E-state index contributed by atoms with van der Waals surface area (Å²) in [6.07, 6.45) is 0. The van der Waals surface area contributed by atoms with E-state index < -0.39 is 0 Å². The number of nitrogens with one attached hydrogen (secondary N) is 1. The van der Waals surface area contributed by atoms with Crippen molar-refractivity contribution in [3.05, 3.63) is 55.8 Å². The molecule has 2 rings (SSSR count). The number of thiophene rings is 1. The molecule has 0 bridgehead atoms. The lowest BCUT2D eigenvalue weighted by molar-refractivity contribution is -0.384. The van der Waals surface area contributed by atoms with Gasteiger partial charge in [0.25, 0.3) is 5.69 Å². The number of aryl methyl sites for hydroxylation is 2. The quantitative estimate of drug-likeness (QED) is 0.663. The largest absolute Gasteiger partial charge is 0.373 e. The summed E-state index contributed by atoms with van der Waals surface area (Å²) in [5.74, 6) is 0. The van der Waals surface area contributed by atoms with Crippen molar-refractivity contribution in [1.29, 1.82) is 0 Å². The molecule has 0 aliphatic rings. The van der Waals surface area contributed by atoms with Crippen LogP contribution in [0.4, 0.5) is 11.4 Å². The second-order valence-electron chi connectivity index (χ2n) is 4.63. The fourth-order valence-electron chi connectivity index (χ4n) is 1.91. The zero-order valence-corrected chi connectivity index (χ0v) is 12.0. The fraction of sp³-hybridized carbons (Fsp3) is 0.286. The van der Waals surface area contributed by atoms with Crippen molar-refractivity contribution in [2.45, 2.75) is 26.8 Å². The van der Waals surface area contributed by atoms with Gasteiger partial charge in [-0.05, 0) is 60.4 Å². The predicted molar refractivity (Wildman–Crippen MR) is 78.9 cm³/mol. The summed E-state index contributed by atoms with van der Waals surface area (Å²) in [5, 5.41) is 18.4. The first-order valence-electron chi connectivity index (χ1n) is 6.03. The Kier molecular flexibility index (Phi) is 3.85. The molecule has 1 N–H and O–H groups in total. The van der Waals surface area contributed by atoms with Gasteiger partial charge in [-0.15, -0.1) is 0 Å². The van der Waals surface area contributed by atoms with E-state index in [4.69, 9.17) is 0 Å². The van der Waals surface area contributed by atoms with Gasteiger partial charge in [0, 0.05) is 12.1 Å². The molecule has 0 spiro atoms. The third-order valence-electron chi connectivity index (χ3n) is 3.22. The van der Waals surface area contributed by atoms with Gasteiger partial charge in [-0.1, -0.05) is 0 Å². The van der Waals surface area contributed by atoms with Gasteiger partial charge in [-0.2, -0.15) is 11.3 Å². The van der Waals surface area contributed by atoms with Crippen molar-refractivity contribution < 1.29 is 4.92 Å². The van der Waals surface area contributed by atoms with E-state index in [1.54, 1.807) is 17.4 Å². The maximum atomic E-state index is 11.1. The zero-order valence-electron chi connectivity index (χ0n) is 11.1. The van der Waals surface area contributed by atoms with Gasteiger partial charge < -0.3 is 5.32 Å². The van der Waals surface area contributed by atoms with Crippen molar-refractivity contribution in [1.82, 2.24) is 0 Å².